The zero-order chi connectivity index (χ0) is 13.8. The van der Waals surface area contributed by atoms with Crippen LogP contribution in [0.15, 0.2) is 24.3 Å². The zero-order valence-corrected chi connectivity index (χ0v) is 10.5. The average Bonchev–Trinajstić information content (AvgIpc) is 2.46. The van der Waals surface area contributed by atoms with Gasteiger partial charge in [0, 0.05) is 25.6 Å². The van der Waals surface area contributed by atoms with E-state index in [4.69, 9.17) is 10.4 Å². The lowest BCUT2D eigenvalue weighted by Gasteiger charge is -2.36. The predicted octanol–water partition coefficient (Wildman–Crippen LogP) is 1.63. The SMILES string of the molecule is N#Cc1ccc(C2CN(C(=O)O)CCC2CO)cc1. The highest BCUT2D eigenvalue weighted by Gasteiger charge is 2.31. The molecule has 2 rings (SSSR count). The summed E-state index contributed by atoms with van der Waals surface area (Å²) < 4.78 is 0. The van der Waals surface area contributed by atoms with Gasteiger partial charge in [0.25, 0.3) is 0 Å². The molecule has 2 N–H and O–H groups in total. The van der Waals surface area contributed by atoms with E-state index in [0.717, 1.165) is 5.56 Å². The minimum atomic E-state index is -0.921. The number of rotatable bonds is 2. The minimum absolute atomic E-state index is 0.0115. The molecule has 1 aliphatic heterocycles. The maximum atomic E-state index is 11.0. The molecule has 1 fully saturated rings. The fourth-order valence-corrected chi connectivity index (χ4v) is 2.58. The Balaban J connectivity index is 2.22. The number of hydrogen-bond donors (Lipinski definition) is 2. The van der Waals surface area contributed by atoms with Crippen molar-refractivity contribution < 1.29 is 15.0 Å². The monoisotopic (exact) mass is 260 g/mol. The molecule has 1 aromatic carbocycles. The summed E-state index contributed by atoms with van der Waals surface area (Å²) in [4.78, 5) is 12.4. The van der Waals surface area contributed by atoms with E-state index >= 15 is 0 Å². The molecule has 1 aromatic rings. The van der Waals surface area contributed by atoms with E-state index in [2.05, 4.69) is 6.07 Å². The minimum Gasteiger partial charge on any atom is -0.465 e. The molecule has 0 spiro atoms. The molecule has 19 heavy (non-hydrogen) atoms. The number of hydrogen-bond acceptors (Lipinski definition) is 3. The molecule has 2 unspecified atom stereocenters. The van der Waals surface area contributed by atoms with Crippen molar-refractivity contribution >= 4 is 6.09 Å². The predicted molar refractivity (Wildman–Crippen MR) is 68.7 cm³/mol. The van der Waals surface area contributed by atoms with Gasteiger partial charge in [-0.3, -0.25) is 0 Å². The van der Waals surface area contributed by atoms with Crippen LogP contribution in [0.1, 0.15) is 23.5 Å². The topological polar surface area (TPSA) is 84.6 Å². The standard InChI is InChI=1S/C14H16N2O3/c15-7-10-1-3-11(4-2-10)13-8-16(14(18)19)6-5-12(13)9-17/h1-4,12-13,17H,5-6,8-9H2,(H,18,19). The van der Waals surface area contributed by atoms with Gasteiger partial charge in [-0.2, -0.15) is 5.26 Å². The van der Waals surface area contributed by atoms with Gasteiger partial charge in [0.2, 0.25) is 0 Å². The van der Waals surface area contributed by atoms with Crippen LogP contribution < -0.4 is 0 Å². The molecule has 0 saturated carbocycles. The summed E-state index contributed by atoms with van der Waals surface area (Å²) in [6.07, 6.45) is -0.261. The number of piperidine rings is 1. The first-order valence-electron chi connectivity index (χ1n) is 6.24. The van der Waals surface area contributed by atoms with Crippen molar-refractivity contribution in [2.75, 3.05) is 19.7 Å². The number of amides is 1. The summed E-state index contributed by atoms with van der Waals surface area (Å²) in [5.74, 6) is 0.0612. The molecule has 1 aliphatic rings. The van der Waals surface area contributed by atoms with Crippen molar-refractivity contribution in [2.24, 2.45) is 5.92 Å². The van der Waals surface area contributed by atoms with Gasteiger partial charge in [0.1, 0.15) is 0 Å². The van der Waals surface area contributed by atoms with Crippen molar-refractivity contribution in [3.05, 3.63) is 35.4 Å². The van der Waals surface area contributed by atoms with Crippen LogP contribution in [-0.2, 0) is 0 Å². The van der Waals surface area contributed by atoms with Gasteiger partial charge >= 0.3 is 6.09 Å². The molecule has 0 aromatic heterocycles. The van der Waals surface area contributed by atoms with E-state index in [1.165, 1.54) is 4.90 Å². The highest BCUT2D eigenvalue weighted by molar-refractivity contribution is 5.65. The molecule has 2 atom stereocenters. The lowest BCUT2D eigenvalue weighted by atomic mass is 9.81. The van der Waals surface area contributed by atoms with Gasteiger partial charge in [0.05, 0.1) is 11.6 Å². The second kappa shape index (κ2) is 5.72. The lowest BCUT2D eigenvalue weighted by Crippen LogP contribution is -2.43. The van der Waals surface area contributed by atoms with Crippen LogP contribution in [0.4, 0.5) is 4.79 Å². The molecule has 100 valence electrons. The Morgan fingerprint density at radius 2 is 2.11 bits per heavy atom. The van der Waals surface area contributed by atoms with Crippen molar-refractivity contribution in [3.8, 4) is 6.07 Å². The molecule has 1 amide bonds. The Kier molecular flexibility index (Phi) is 4.03. The first kappa shape index (κ1) is 13.4. The van der Waals surface area contributed by atoms with Crippen LogP contribution in [-0.4, -0.2) is 40.9 Å². The van der Waals surface area contributed by atoms with E-state index in [-0.39, 0.29) is 18.4 Å². The highest BCUT2D eigenvalue weighted by atomic mass is 16.4. The van der Waals surface area contributed by atoms with E-state index in [0.29, 0.717) is 25.1 Å². The summed E-state index contributed by atoms with van der Waals surface area (Å²) in [5.41, 5.74) is 1.55. The number of carboxylic acid groups (broad SMARTS) is 1. The number of aliphatic hydroxyl groups is 1. The van der Waals surface area contributed by atoms with Crippen molar-refractivity contribution in [3.63, 3.8) is 0 Å². The third-order valence-corrected chi connectivity index (χ3v) is 3.73. The normalized spacial score (nSPS) is 22.8. The smallest absolute Gasteiger partial charge is 0.407 e. The number of aliphatic hydroxyl groups excluding tert-OH is 1. The number of benzene rings is 1. The summed E-state index contributed by atoms with van der Waals surface area (Å²) in [6.45, 7) is 0.915. The van der Waals surface area contributed by atoms with Gasteiger partial charge in [-0.15, -0.1) is 0 Å². The van der Waals surface area contributed by atoms with Crippen LogP contribution in [0.25, 0.3) is 0 Å². The zero-order valence-electron chi connectivity index (χ0n) is 10.5. The van der Waals surface area contributed by atoms with Crippen LogP contribution >= 0.6 is 0 Å². The van der Waals surface area contributed by atoms with E-state index in [1.54, 1.807) is 12.1 Å². The maximum absolute atomic E-state index is 11.0. The molecule has 0 radical (unpaired) electrons. The lowest BCUT2D eigenvalue weighted by molar-refractivity contribution is 0.0939. The Morgan fingerprint density at radius 1 is 1.42 bits per heavy atom. The molecule has 0 aliphatic carbocycles. The third-order valence-electron chi connectivity index (χ3n) is 3.73. The average molecular weight is 260 g/mol. The van der Waals surface area contributed by atoms with Crippen molar-refractivity contribution in [1.82, 2.24) is 4.90 Å². The number of nitrogens with zero attached hydrogens (tertiary/aromatic N) is 2. The quantitative estimate of drug-likeness (QED) is 0.846. The number of carbonyl (C=O) groups is 1. The van der Waals surface area contributed by atoms with Gasteiger partial charge in [-0.05, 0) is 30.0 Å². The van der Waals surface area contributed by atoms with Gasteiger partial charge < -0.3 is 15.1 Å². The van der Waals surface area contributed by atoms with Gasteiger partial charge in [-0.1, -0.05) is 12.1 Å². The Morgan fingerprint density at radius 3 is 2.63 bits per heavy atom. The maximum Gasteiger partial charge on any atom is 0.407 e. The van der Waals surface area contributed by atoms with Crippen molar-refractivity contribution in [2.45, 2.75) is 12.3 Å². The highest BCUT2D eigenvalue weighted by Crippen LogP contribution is 2.32. The first-order chi connectivity index (χ1) is 9.15. The van der Waals surface area contributed by atoms with Crippen LogP contribution in [0, 0.1) is 17.2 Å². The van der Waals surface area contributed by atoms with Crippen LogP contribution in [0.2, 0.25) is 0 Å². The Bertz CT molecular complexity index is 492. The largest absolute Gasteiger partial charge is 0.465 e. The van der Waals surface area contributed by atoms with Gasteiger partial charge in [0.15, 0.2) is 0 Å². The van der Waals surface area contributed by atoms with E-state index in [1.807, 2.05) is 12.1 Å². The molecular weight excluding hydrogens is 244 g/mol. The molecule has 1 saturated heterocycles. The first-order valence-corrected chi connectivity index (χ1v) is 6.24. The van der Waals surface area contributed by atoms with Crippen LogP contribution in [0.3, 0.4) is 0 Å². The Labute approximate surface area is 111 Å². The fraction of sp³-hybridized carbons (Fsp3) is 0.429. The number of likely N-dealkylation sites (tertiary alicyclic amines) is 1. The van der Waals surface area contributed by atoms with Crippen molar-refractivity contribution in [1.29, 1.82) is 5.26 Å². The summed E-state index contributed by atoms with van der Waals surface area (Å²) in [7, 11) is 0. The molecule has 1 heterocycles. The molecule has 5 nitrogen and oxygen atoms in total. The fourth-order valence-electron chi connectivity index (χ4n) is 2.58. The third kappa shape index (κ3) is 2.85. The molecule has 0 bridgehead atoms. The van der Waals surface area contributed by atoms with E-state index < -0.39 is 6.09 Å². The van der Waals surface area contributed by atoms with E-state index in [9.17, 15) is 9.90 Å². The number of nitriles is 1. The summed E-state index contributed by atoms with van der Waals surface area (Å²) in [6, 6.07) is 9.20. The molecular formula is C14H16N2O3. The second-order valence-electron chi connectivity index (χ2n) is 4.80. The summed E-state index contributed by atoms with van der Waals surface area (Å²) >= 11 is 0. The second-order valence-corrected chi connectivity index (χ2v) is 4.80. The summed E-state index contributed by atoms with van der Waals surface area (Å²) in [5, 5.41) is 27.3. The van der Waals surface area contributed by atoms with Crippen LogP contribution in [0.5, 0.6) is 0 Å². The van der Waals surface area contributed by atoms with Gasteiger partial charge in [-0.25, -0.2) is 4.79 Å². The Hall–Kier alpha value is -2.06. The molecule has 5 heteroatoms.